The molecule has 1 aromatic heterocycles. The normalized spacial score (nSPS) is 15.9. The summed E-state index contributed by atoms with van der Waals surface area (Å²) in [5.41, 5.74) is 2.61. The Morgan fingerprint density at radius 1 is 0.903 bits per heavy atom. The molecular weight excluding hydrogens is 408 g/mol. The lowest BCUT2D eigenvalue weighted by Crippen LogP contribution is -2.46. The molecule has 2 heterocycles. The van der Waals surface area contributed by atoms with E-state index in [1.54, 1.807) is 4.68 Å². The third kappa shape index (κ3) is 3.49. The number of nitrogens with zero attached hydrogens (tertiary/aromatic N) is 3. The van der Waals surface area contributed by atoms with Crippen molar-refractivity contribution in [2.24, 2.45) is 7.05 Å². The van der Waals surface area contributed by atoms with E-state index >= 15 is 0 Å². The van der Waals surface area contributed by atoms with Crippen LogP contribution < -0.4 is 10.9 Å². The molecule has 1 fully saturated rings. The lowest BCUT2D eigenvalue weighted by molar-refractivity contribution is 0.192. The zero-order chi connectivity index (χ0) is 21.4. The van der Waals surface area contributed by atoms with Gasteiger partial charge in [-0.05, 0) is 28.5 Å². The summed E-state index contributed by atoms with van der Waals surface area (Å²) >= 11 is 6.79. The Bertz CT molecular complexity index is 1270. The van der Waals surface area contributed by atoms with Crippen LogP contribution in [0.3, 0.4) is 0 Å². The summed E-state index contributed by atoms with van der Waals surface area (Å²) < 4.78 is 3.59. The highest BCUT2D eigenvalue weighted by Gasteiger charge is 2.32. The first-order chi connectivity index (χ1) is 15.2. The Balaban J connectivity index is 1.76. The minimum atomic E-state index is -0.189. The molecule has 0 aliphatic carbocycles. The molecule has 6 heteroatoms. The maximum Gasteiger partial charge on any atom is 0.290 e. The summed E-state index contributed by atoms with van der Waals surface area (Å²) in [5, 5.41) is 6.08. The quantitative estimate of drug-likeness (QED) is 0.530. The van der Waals surface area contributed by atoms with Crippen molar-refractivity contribution >= 4 is 22.4 Å². The van der Waals surface area contributed by atoms with Gasteiger partial charge in [-0.3, -0.25) is 14.4 Å². The van der Waals surface area contributed by atoms with Crippen molar-refractivity contribution in [1.29, 1.82) is 0 Å². The Morgan fingerprint density at radius 3 is 2.35 bits per heavy atom. The zero-order valence-corrected chi connectivity index (χ0v) is 18.2. The lowest BCUT2D eigenvalue weighted by atomic mass is 9.95. The summed E-state index contributed by atoms with van der Waals surface area (Å²) in [7, 11) is 1.93. The maximum atomic E-state index is 13.3. The van der Waals surface area contributed by atoms with Crippen LogP contribution in [0.15, 0.2) is 77.6 Å². The lowest BCUT2D eigenvalue weighted by Gasteiger charge is -2.36. The summed E-state index contributed by atoms with van der Waals surface area (Å²) in [6.07, 6.45) is 0. The van der Waals surface area contributed by atoms with Gasteiger partial charge in [0, 0.05) is 33.2 Å². The van der Waals surface area contributed by atoms with E-state index in [1.807, 2.05) is 42.1 Å². The number of aromatic nitrogens is 2. The average molecular weight is 433 g/mol. The van der Waals surface area contributed by atoms with E-state index in [2.05, 4.69) is 52.7 Å². The van der Waals surface area contributed by atoms with Crippen LogP contribution >= 0.6 is 11.6 Å². The third-order valence-electron chi connectivity index (χ3n) is 6.15. The molecule has 31 heavy (non-hydrogen) atoms. The molecule has 1 aliphatic rings. The van der Waals surface area contributed by atoms with Crippen LogP contribution in [0.1, 0.15) is 17.3 Å². The molecule has 1 unspecified atom stereocenters. The number of hydrogen-bond donors (Lipinski definition) is 1. The van der Waals surface area contributed by atoms with E-state index in [-0.39, 0.29) is 16.6 Å². The Labute approximate surface area is 186 Å². The van der Waals surface area contributed by atoms with E-state index in [0.717, 1.165) is 37.6 Å². The summed E-state index contributed by atoms with van der Waals surface area (Å²) in [5.74, 6) is 0. The molecule has 4 aromatic rings. The molecule has 1 atom stereocenters. The number of halogens is 1. The number of fused-ring (bicyclic) bond motifs is 1. The van der Waals surface area contributed by atoms with Gasteiger partial charge in [-0.2, -0.15) is 0 Å². The highest BCUT2D eigenvalue weighted by atomic mass is 35.5. The van der Waals surface area contributed by atoms with Crippen molar-refractivity contribution in [3.63, 3.8) is 0 Å². The third-order valence-corrected chi connectivity index (χ3v) is 6.50. The van der Waals surface area contributed by atoms with Crippen LogP contribution in [0.5, 0.6) is 0 Å². The molecule has 1 saturated heterocycles. The van der Waals surface area contributed by atoms with E-state index in [1.165, 1.54) is 16.3 Å². The second-order valence-corrected chi connectivity index (χ2v) is 8.31. The van der Waals surface area contributed by atoms with Gasteiger partial charge in [-0.25, -0.2) is 4.68 Å². The van der Waals surface area contributed by atoms with Crippen LogP contribution in [-0.4, -0.2) is 40.4 Å². The van der Waals surface area contributed by atoms with Crippen molar-refractivity contribution in [3.8, 4) is 5.69 Å². The molecule has 1 aliphatic heterocycles. The Kier molecular flexibility index (Phi) is 5.40. The van der Waals surface area contributed by atoms with Crippen molar-refractivity contribution < 1.29 is 0 Å². The smallest absolute Gasteiger partial charge is 0.290 e. The first kappa shape index (κ1) is 20.1. The second-order valence-electron chi connectivity index (χ2n) is 7.93. The van der Waals surface area contributed by atoms with Crippen molar-refractivity contribution in [2.75, 3.05) is 26.2 Å². The van der Waals surface area contributed by atoms with Gasteiger partial charge in [-0.1, -0.05) is 72.3 Å². The molecule has 0 spiro atoms. The standard InChI is InChI=1S/C25H25ClN4O/c1-28-24(22(26)25(31)30(28)19-10-3-2-4-11-19)23(29-16-14-27-15-17-29)21-13-7-9-18-8-5-6-12-20(18)21/h2-13,23,27H,14-17H2,1H3. The van der Waals surface area contributed by atoms with Crippen molar-refractivity contribution in [1.82, 2.24) is 19.6 Å². The van der Waals surface area contributed by atoms with E-state index in [9.17, 15) is 4.79 Å². The monoisotopic (exact) mass is 432 g/mol. The first-order valence-electron chi connectivity index (χ1n) is 10.6. The molecular formula is C25H25ClN4O. The fraction of sp³-hybridized carbons (Fsp3) is 0.240. The van der Waals surface area contributed by atoms with E-state index < -0.39 is 0 Å². The number of piperazine rings is 1. The molecule has 0 saturated carbocycles. The minimum absolute atomic E-state index is 0.122. The predicted molar refractivity (Wildman–Crippen MR) is 126 cm³/mol. The SMILES string of the molecule is Cn1c(C(c2cccc3ccccc23)N2CCNCC2)c(Cl)c(=O)n1-c1ccccc1. The summed E-state index contributed by atoms with van der Waals surface area (Å²) in [4.78, 5) is 15.7. The minimum Gasteiger partial charge on any atom is -0.314 e. The number of hydrogen-bond acceptors (Lipinski definition) is 3. The average Bonchev–Trinajstić information content (AvgIpc) is 3.04. The molecule has 0 amide bonds. The highest BCUT2D eigenvalue weighted by Crippen LogP contribution is 2.36. The van der Waals surface area contributed by atoms with Crippen molar-refractivity contribution in [2.45, 2.75) is 6.04 Å². The van der Waals surface area contributed by atoms with Gasteiger partial charge in [0.1, 0.15) is 5.02 Å². The fourth-order valence-corrected chi connectivity index (χ4v) is 5.00. The van der Waals surface area contributed by atoms with E-state index in [0.29, 0.717) is 0 Å². The summed E-state index contributed by atoms with van der Waals surface area (Å²) in [6, 6.07) is 24.3. The van der Waals surface area contributed by atoms with Crippen LogP contribution in [0.2, 0.25) is 5.02 Å². The molecule has 0 bridgehead atoms. The van der Waals surface area contributed by atoms with Gasteiger partial charge in [0.25, 0.3) is 5.56 Å². The second kappa shape index (κ2) is 8.35. The largest absolute Gasteiger partial charge is 0.314 e. The number of benzene rings is 3. The zero-order valence-electron chi connectivity index (χ0n) is 17.5. The van der Waals surface area contributed by atoms with Gasteiger partial charge in [-0.15, -0.1) is 0 Å². The molecule has 1 N–H and O–H groups in total. The topological polar surface area (TPSA) is 42.2 Å². The van der Waals surface area contributed by atoms with Gasteiger partial charge in [0.2, 0.25) is 0 Å². The highest BCUT2D eigenvalue weighted by molar-refractivity contribution is 6.31. The van der Waals surface area contributed by atoms with Gasteiger partial charge in [0.05, 0.1) is 17.4 Å². The Morgan fingerprint density at radius 2 is 1.58 bits per heavy atom. The molecule has 158 valence electrons. The van der Waals surface area contributed by atoms with Crippen LogP contribution in [0.4, 0.5) is 0 Å². The molecule has 5 nitrogen and oxygen atoms in total. The molecule has 3 aromatic carbocycles. The number of nitrogens with one attached hydrogen (secondary N) is 1. The number of rotatable bonds is 4. The fourth-order valence-electron chi connectivity index (χ4n) is 4.69. The van der Waals surface area contributed by atoms with Crippen molar-refractivity contribution in [3.05, 3.63) is 99.4 Å². The number of para-hydroxylation sites is 1. The molecule has 0 radical (unpaired) electrons. The summed E-state index contributed by atoms with van der Waals surface area (Å²) in [6.45, 7) is 3.59. The van der Waals surface area contributed by atoms with Gasteiger partial charge in [0.15, 0.2) is 0 Å². The van der Waals surface area contributed by atoms with Crippen LogP contribution in [-0.2, 0) is 7.05 Å². The van der Waals surface area contributed by atoms with Crippen LogP contribution in [0.25, 0.3) is 16.5 Å². The van der Waals surface area contributed by atoms with Crippen LogP contribution in [0, 0.1) is 0 Å². The molecule has 5 rings (SSSR count). The Hall–Kier alpha value is -2.86. The maximum absolute atomic E-state index is 13.3. The first-order valence-corrected chi connectivity index (χ1v) is 11.0. The van der Waals surface area contributed by atoms with E-state index in [4.69, 9.17) is 11.6 Å². The predicted octanol–water partition coefficient (Wildman–Crippen LogP) is 3.98. The van der Waals surface area contributed by atoms with Gasteiger partial charge >= 0.3 is 0 Å². The van der Waals surface area contributed by atoms with Gasteiger partial charge < -0.3 is 5.32 Å².